The number of hydrogen-bond donors (Lipinski definition) is 2. The topological polar surface area (TPSA) is 82.8 Å². The number of likely N-dealkylation sites (N-methyl/N-ethyl adjacent to an activating group) is 1. The molecule has 1 aromatic carbocycles. The van der Waals surface area contributed by atoms with E-state index in [9.17, 15) is 4.79 Å². The Morgan fingerprint density at radius 2 is 1.86 bits per heavy atom. The Bertz CT molecular complexity index is 755. The van der Waals surface area contributed by atoms with Gasteiger partial charge in [0.25, 0.3) is 0 Å². The van der Waals surface area contributed by atoms with Crippen molar-refractivity contribution in [1.29, 1.82) is 0 Å². The van der Waals surface area contributed by atoms with Gasteiger partial charge in [0.05, 0.1) is 12.2 Å². The van der Waals surface area contributed by atoms with Gasteiger partial charge in [0.1, 0.15) is 5.76 Å². The van der Waals surface area contributed by atoms with Gasteiger partial charge < -0.3 is 20.1 Å². The first-order valence-electron chi connectivity index (χ1n) is 9.85. The van der Waals surface area contributed by atoms with Crippen LogP contribution in [0.2, 0.25) is 0 Å². The lowest BCUT2D eigenvalue weighted by molar-refractivity contribution is -0.130. The second-order valence-electron chi connectivity index (χ2n) is 6.41. The number of guanidine groups is 1. The molecule has 0 spiro atoms. The van der Waals surface area contributed by atoms with Crippen LogP contribution in [0.15, 0.2) is 39.8 Å². The molecule has 0 saturated heterocycles. The molecule has 0 aliphatic carbocycles. The van der Waals surface area contributed by atoms with Gasteiger partial charge in [0.15, 0.2) is 5.96 Å². The molecule has 0 fully saturated rings. The van der Waals surface area contributed by atoms with E-state index in [1.165, 1.54) is 0 Å². The van der Waals surface area contributed by atoms with E-state index in [4.69, 9.17) is 4.52 Å². The quantitative estimate of drug-likeness (QED) is 0.306. The van der Waals surface area contributed by atoms with E-state index in [1.807, 2.05) is 49.1 Å². The molecule has 7 nitrogen and oxygen atoms in total. The Kier molecular flexibility index (Phi) is 11.3. The summed E-state index contributed by atoms with van der Waals surface area (Å²) in [6, 6.07) is 10.00. The van der Waals surface area contributed by atoms with Gasteiger partial charge in [-0.2, -0.15) is 0 Å². The molecule has 1 heterocycles. The van der Waals surface area contributed by atoms with Gasteiger partial charge in [-0.15, -0.1) is 24.0 Å². The van der Waals surface area contributed by atoms with Gasteiger partial charge in [-0.1, -0.05) is 49.3 Å². The van der Waals surface area contributed by atoms with Gasteiger partial charge in [-0.25, -0.2) is 0 Å². The zero-order valence-electron chi connectivity index (χ0n) is 17.7. The largest absolute Gasteiger partial charge is 0.361 e. The predicted molar refractivity (Wildman–Crippen MR) is 126 cm³/mol. The van der Waals surface area contributed by atoms with Crippen molar-refractivity contribution >= 4 is 35.8 Å². The maximum Gasteiger partial charge on any atom is 0.242 e. The number of amides is 1. The molecule has 2 aromatic rings. The standard InChI is InChI=1S/C21H31N5O2.HI/c1-5-18-17(19(6-2)28-25-18)13-23-21(22-4)24-14-20(27)26(7-3)15-16-11-9-8-10-12-16;/h8-12H,5-7,13-15H2,1-4H3,(H2,22,23,24);1H. The molecule has 8 heteroatoms. The van der Waals surface area contributed by atoms with Crippen LogP contribution in [0.4, 0.5) is 0 Å². The van der Waals surface area contributed by atoms with Crippen LogP contribution in [0.5, 0.6) is 0 Å². The fourth-order valence-corrected chi connectivity index (χ4v) is 2.98. The first-order chi connectivity index (χ1) is 13.6. The zero-order valence-corrected chi connectivity index (χ0v) is 20.0. The van der Waals surface area contributed by atoms with E-state index in [2.05, 4.69) is 27.7 Å². The molecule has 1 amide bonds. The number of rotatable bonds is 9. The Morgan fingerprint density at radius 1 is 1.14 bits per heavy atom. The number of carbonyl (C=O) groups is 1. The molecule has 29 heavy (non-hydrogen) atoms. The van der Waals surface area contributed by atoms with Crippen molar-refractivity contribution in [3.8, 4) is 0 Å². The van der Waals surface area contributed by atoms with Crippen molar-refractivity contribution in [1.82, 2.24) is 20.7 Å². The third kappa shape index (κ3) is 7.34. The number of aromatic nitrogens is 1. The summed E-state index contributed by atoms with van der Waals surface area (Å²) in [6.07, 6.45) is 1.61. The number of hydrogen-bond acceptors (Lipinski definition) is 4. The third-order valence-corrected chi connectivity index (χ3v) is 4.62. The Labute approximate surface area is 190 Å². The summed E-state index contributed by atoms with van der Waals surface area (Å²) in [5.41, 5.74) is 3.14. The summed E-state index contributed by atoms with van der Waals surface area (Å²) in [6.45, 7) is 8.08. The number of halogens is 1. The molecule has 0 saturated carbocycles. The van der Waals surface area contributed by atoms with Crippen molar-refractivity contribution < 1.29 is 9.32 Å². The number of carbonyl (C=O) groups excluding carboxylic acids is 1. The molecule has 0 radical (unpaired) electrons. The maximum atomic E-state index is 12.6. The average Bonchev–Trinajstić information content (AvgIpc) is 3.14. The summed E-state index contributed by atoms with van der Waals surface area (Å²) < 4.78 is 5.39. The number of aliphatic imine (C=N–C) groups is 1. The average molecular weight is 513 g/mol. The smallest absolute Gasteiger partial charge is 0.242 e. The van der Waals surface area contributed by atoms with Crippen LogP contribution in [-0.4, -0.2) is 42.1 Å². The lowest BCUT2D eigenvalue weighted by Crippen LogP contribution is -2.44. The van der Waals surface area contributed by atoms with E-state index in [-0.39, 0.29) is 36.4 Å². The molecule has 0 unspecified atom stereocenters. The molecule has 0 bridgehead atoms. The van der Waals surface area contributed by atoms with E-state index in [0.717, 1.165) is 35.4 Å². The van der Waals surface area contributed by atoms with Crippen molar-refractivity contribution in [2.45, 2.75) is 46.7 Å². The van der Waals surface area contributed by atoms with E-state index in [1.54, 1.807) is 7.05 Å². The maximum absolute atomic E-state index is 12.6. The number of nitrogens with zero attached hydrogens (tertiary/aromatic N) is 3. The highest BCUT2D eigenvalue weighted by atomic mass is 127. The van der Waals surface area contributed by atoms with Gasteiger partial charge in [-0.05, 0) is 18.9 Å². The second kappa shape index (κ2) is 13.2. The first-order valence-corrected chi connectivity index (χ1v) is 9.85. The van der Waals surface area contributed by atoms with Crippen molar-refractivity contribution in [2.75, 3.05) is 20.1 Å². The van der Waals surface area contributed by atoms with Crippen LogP contribution in [0, 0.1) is 0 Å². The lowest BCUT2D eigenvalue weighted by atomic mass is 10.1. The van der Waals surface area contributed by atoms with E-state index >= 15 is 0 Å². The van der Waals surface area contributed by atoms with Gasteiger partial charge >= 0.3 is 0 Å². The molecule has 2 rings (SSSR count). The Hall–Kier alpha value is -2.10. The van der Waals surface area contributed by atoms with Crippen LogP contribution in [0.1, 0.15) is 43.4 Å². The second-order valence-corrected chi connectivity index (χ2v) is 6.41. The van der Waals surface area contributed by atoms with E-state index in [0.29, 0.717) is 25.6 Å². The van der Waals surface area contributed by atoms with Crippen LogP contribution in [-0.2, 0) is 30.7 Å². The minimum absolute atomic E-state index is 0. The highest BCUT2D eigenvalue weighted by Gasteiger charge is 2.15. The molecule has 1 aromatic heterocycles. The zero-order chi connectivity index (χ0) is 20.4. The summed E-state index contributed by atoms with van der Waals surface area (Å²) in [5, 5.41) is 10.5. The van der Waals surface area contributed by atoms with Crippen molar-refractivity contribution in [3.05, 3.63) is 52.9 Å². The van der Waals surface area contributed by atoms with Crippen LogP contribution in [0.3, 0.4) is 0 Å². The molecular weight excluding hydrogens is 481 g/mol. The lowest BCUT2D eigenvalue weighted by Gasteiger charge is -2.22. The molecule has 2 N–H and O–H groups in total. The monoisotopic (exact) mass is 513 g/mol. The highest BCUT2D eigenvalue weighted by Crippen LogP contribution is 2.15. The first kappa shape index (κ1) is 24.9. The van der Waals surface area contributed by atoms with Gasteiger partial charge in [0.2, 0.25) is 5.91 Å². The Morgan fingerprint density at radius 3 is 2.45 bits per heavy atom. The van der Waals surface area contributed by atoms with Crippen molar-refractivity contribution in [2.24, 2.45) is 4.99 Å². The van der Waals surface area contributed by atoms with Crippen molar-refractivity contribution in [3.63, 3.8) is 0 Å². The van der Waals surface area contributed by atoms with E-state index < -0.39 is 0 Å². The molecule has 0 aliphatic heterocycles. The van der Waals surface area contributed by atoms with Crippen LogP contribution >= 0.6 is 24.0 Å². The molecule has 160 valence electrons. The molecule has 0 atom stereocenters. The number of nitrogens with one attached hydrogen (secondary N) is 2. The normalized spacial score (nSPS) is 11.0. The fraction of sp³-hybridized carbons (Fsp3) is 0.476. The van der Waals surface area contributed by atoms with Gasteiger partial charge in [0, 0.05) is 38.7 Å². The number of aryl methyl sites for hydroxylation is 2. The SMILES string of the molecule is CCc1noc(CC)c1CNC(=NC)NCC(=O)N(CC)Cc1ccccc1.I. The summed E-state index contributed by atoms with van der Waals surface area (Å²) in [4.78, 5) is 18.6. The van der Waals surface area contributed by atoms with Gasteiger partial charge in [-0.3, -0.25) is 9.79 Å². The molecular formula is C21H32IN5O2. The summed E-state index contributed by atoms with van der Waals surface area (Å²) >= 11 is 0. The van der Waals surface area contributed by atoms with Crippen LogP contribution < -0.4 is 10.6 Å². The van der Waals surface area contributed by atoms with Crippen LogP contribution in [0.25, 0.3) is 0 Å². The predicted octanol–water partition coefficient (Wildman–Crippen LogP) is 3.13. The Balaban J connectivity index is 0.00000420. The number of benzene rings is 1. The fourth-order valence-electron chi connectivity index (χ4n) is 2.98. The minimum Gasteiger partial charge on any atom is -0.361 e. The summed E-state index contributed by atoms with van der Waals surface area (Å²) in [5.74, 6) is 1.49. The molecule has 0 aliphatic rings. The highest BCUT2D eigenvalue weighted by molar-refractivity contribution is 14.0. The minimum atomic E-state index is 0. The third-order valence-electron chi connectivity index (χ3n) is 4.62. The summed E-state index contributed by atoms with van der Waals surface area (Å²) in [7, 11) is 1.69.